The van der Waals surface area contributed by atoms with E-state index in [4.69, 9.17) is 19.2 Å². The molecule has 1 aliphatic carbocycles. The molecule has 10 nitrogen and oxygen atoms in total. The van der Waals surface area contributed by atoms with Crippen molar-refractivity contribution in [1.29, 1.82) is 0 Å². The summed E-state index contributed by atoms with van der Waals surface area (Å²) < 4.78 is 19.3. The molecule has 11 heteroatoms. The maximum absolute atomic E-state index is 13.2. The summed E-state index contributed by atoms with van der Waals surface area (Å²) in [7, 11) is -1.25. The van der Waals surface area contributed by atoms with Crippen LogP contribution in [0.4, 0.5) is 10.7 Å². The van der Waals surface area contributed by atoms with Gasteiger partial charge in [-0.2, -0.15) is 0 Å². The van der Waals surface area contributed by atoms with Gasteiger partial charge in [0.1, 0.15) is 18.0 Å². The van der Waals surface area contributed by atoms with Gasteiger partial charge in [0.2, 0.25) is 5.95 Å². The Labute approximate surface area is 251 Å². The second-order valence-electron chi connectivity index (χ2n) is 13.6. The normalized spacial score (nSPS) is 17.2. The van der Waals surface area contributed by atoms with Gasteiger partial charge in [-0.3, -0.25) is 0 Å². The molecule has 1 saturated heterocycles. The molecule has 42 heavy (non-hydrogen) atoms. The molecule has 1 fully saturated rings. The molecule has 0 saturated carbocycles. The Hall–Kier alpha value is -2.92. The smallest absolute Gasteiger partial charge is 0.410 e. The van der Waals surface area contributed by atoms with Crippen LogP contribution in [0.2, 0.25) is 25.7 Å². The highest BCUT2D eigenvalue weighted by atomic mass is 28.3. The van der Waals surface area contributed by atoms with Crippen molar-refractivity contribution in [2.75, 3.05) is 31.6 Å². The van der Waals surface area contributed by atoms with E-state index in [1.807, 2.05) is 45.4 Å². The van der Waals surface area contributed by atoms with E-state index in [1.165, 1.54) is 0 Å². The number of nitrogens with zero attached hydrogens (tertiary/aromatic N) is 4. The molecule has 1 amide bonds. The molecule has 2 aliphatic rings. The summed E-state index contributed by atoms with van der Waals surface area (Å²) in [6.07, 6.45) is 5.96. The zero-order valence-corrected chi connectivity index (χ0v) is 27.8. The van der Waals surface area contributed by atoms with E-state index >= 15 is 0 Å². The molecule has 4 rings (SSSR count). The van der Waals surface area contributed by atoms with Gasteiger partial charge in [-0.05, 0) is 83.9 Å². The lowest BCUT2D eigenvalue weighted by molar-refractivity contribution is 0.0205. The standard InChI is InChI=1S/C31H49N5O5Si/c1-9-40-28(37)27-21(2)25-24(36(27)20-39-16-17-42(6,7)8)14-10-12-22-18-32-29(34-26(22)25)33-23-13-11-15-35(19-23)30(38)41-31(3,4)5/h18,23H,9-17,19-20H2,1-8H3,(H,32,33,34)/t23-/m0/s1. The summed E-state index contributed by atoms with van der Waals surface area (Å²) in [5.41, 5.74) is 4.81. The van der Waals surface area contributed by atoms with Crippen molar-refractivity contribution in [3.8, 4) is 11.3 Å². The lowest BCUT2D eigenvalue weighted by Gasteiger charge is -2.34. The summed E-state index contributed by atoms with van der Waals surface area (Å²) in [5, 5.41) is 3.48. The molecule has 2 aromatic rings. The summed E-state index contributed by atoms with van der Waals surface area (Å²) in [4.78, 5) is 37.4. The number of rotatable bonds is 9. The first kappa shape index (κ1) is 32.0. The number of fused-ring (bicyclic) bond motifs is 3. The fourth-order valence-electron chi connectivity index (χ4n) is 5.61. The van der Waals surface area contributed by atoms with Crippen LogP contribution in [0.1, 0.15) is 74.3 Å². The van der Waals surface area contributed by atoms with Gasteiger partial charge in [-0.15, -0.1) is 0 Å². The number of hydrogen-bond donors (Lipinski definition) is 1. The number of ether oxygens (including phenoxy) is 3. The van der Waals surface area contributed by atoms with Crippen LogP contribution in [0.25, 0.3) is 11.3 Å². The minimum absolute atomic E-state index is 0.00937. The molecule has 0 bridgehead atoms. The Balaban J connectivity index is 1.62. The Bertz CT molecular complexity index is 1280. The Morgan fingerprint density at radius 2 is 1.93 bits per heavy atom. The van der Waals surface area contributed by atoms with E-state index in [0.717, 1.165) is 66.2 Å². The van der Waals surface area contributed by atoms with Crippen LogP contribution < -0.4 is 5.32 Å². The van der Waals surface area contributed by atoms with Gasteiger partial charge >= 0.3 is 12.1 Å². The van der Waals surface area contributed by atoms with Crippen molar-refractivity contribution in [3.63, 3.8) is 0 Å². The van der Waals surface area contributed by atoms with Crippen molar-refractivity contribution in [2.24, 2.45) is 0 Å². The minimum atomic E-state index is -1.25. The van der Waals surface area contributed by atoms with E-state index in [-0.39, 0.29) is 18.1 Å². The molecule has 0 spiro atoms. The first-order valence-corrected chi connectivity index (χ1v) is 19.1. The monoisotopic (exact) mass is 599 g/mol. The van der Waals surface area contributed by atoms with E-state index in [0.29, 0.717) is 44.7 Å². The highest BCUT2D eigenvalue weighted by molar-refractivity contribution is 6.76. The summed E-state index contributed by atoms with van der Waals surface area (Å²) in [6, 6.07) is 1.07. The first-order chi connectivity index (χ1) is 19.8. The largest absolute Gasteiger partial charge is 0.461 e. The summed E-state index contributed by atoms with van der Waals surface area (Å²) in [5.74, 6) is 0.184. The molecule has 0 aromatic carbocycles. The van der Waals surface area contributed by atoms with E-state index in [9.17, 15) is 9.59 Å². The first-order valence-electron chi connectivity index (χ1n) is 15.3. The molecule has 1 N–H and O–H groups in total. The number of aromatic nitrogens is 3. The van der Waals surface area contributed by atoms with E-state index in [2.05, 4.69) is 29.9 Å². The number of piperidine rings is 1. The number of likely N-dealkylation sites (tertiary alicyclic amines) is 1. The number of esters is 1. The van der Waals surface area contributed by atoms with Gasteiger partial charge in [0.25, 0.3) is 0 Å². The molecule has 2 aromatic heterocycles. The van der Waals surface area contributed by atoms with E-state index in [1.54, 1.807) is 4.90 Å². The van der Waals surface area contributed by atoms with Gasteiger partial charge in [0, 0.05) is 51.3 Å². The van der Waals surface area contributed by atoms with Crippen LogP contribution in [0.3, 0.4) is 0 Å². The van der Waals surface area contributed by atoms with Crippen molar-refractivity contribution >= 4 is 26.1 Å². The maximum atomic E-state index is 13.2. The SMILES string of the molecule is CCOC(=O)c1c(C)c2c(n1COCC[Si](C)(C)C)CCCc1cnc(N[C@H]3CCCN(C(=O)OC(C)(C)C)C3)nc1-2. The molecular formula is C31H49N5O5Si. The van der Waals surface area contributed by atoms with Crippen LogP contribution in [0, 0.1) is 6.92 Å². The van der Waals surface area contributed by atoms with Crippen molar-refractivity contribution in [3.05, 3.63) is 28.7 Å². The topological polar surface area (TPSA) is 108 Å². The van der Waals surface area contributed by atoms with Gasteiger partial charge < -0.3 is 29.0 Å². The molecule has 0 unspecified atom stereocenters. The second-order valence-corrected chi connectivity index (χ2v) is 19.2. The molecule has 232 valence electrons. The van der Waals surface area contributed by atoms with Crippen molar-refractivity contribution in [1.82, 2.24) is 19.4 Å². The zero-order valence-electron chi connectivity index (χ0n) is 26.8. The number of amides is 1. The zero-order chi connectivity index (χ0) is 30.7. The Morgan fingerprint density at radius 3 is 2.62 bits per heavy atom. The van der Waals surface area contributed by atoms with Crippen LogP contribution in [0.15, 0.2) is 6.20 Å². The number of carbonyl (C=O) groups is 2. The van der Waals surface area contributed by atoms with Crippen molar-refractivity contribution in [2.45, 2.75) is 111 Å². The van der Waals surface area contributed by atoms with Gasteiger partial charge in [0.05, 0.1) is 12.3 Å². The van der Waals surface area contributed by atoms with Crippen LogP contribution >= 0.6 is 0 Å². The van der Waals surface area contributed by atoms with Crippen LogP contribution in [0.5, 0.6) is 0 Å². The third kappa shape index (κ3) is 7.92. The molecule has 3 heterocycles. The Morgan fingerprint density at radius 1 is 1.17 bits per heavy atom. The fraction of sp³-hybridized carbons (Fsp3) is 0.677. The average Bonchev–Trinajstić information content (AvgIpc) is 3.03. The predicted octanol–water partition coefficient (Wildman–Crippen LogP) is 6.04. The summed E-state index contributed by atoms with van der Waals surface area (Å²) >= 11 is 0. The predicted molar refractivity (Wildman–Crippen MR) is 167 cm³/mol. The average molecular weight is 600 g/mol. The maximum Gasteiger partial charge on any atom is 0.410 e. The molecular weight excluding hydrogens is 550 g/mol. The minimum Gasteiger partial charge on any atom is -0.461 e. The number of carbonyl (C=O) groups excluding carboxylic acids is 2. The molecule has 0 radical (unpaired) electrons. The number of hydrogen-bond acceptors (Lipinski definition) is 8. The van der Waals surface area contributed by atoms with E-state index < -0.39 is 13.7 Å². The van der Waals surface area contributed by atoms with Crippen LogP contribution in [-0.4, -0.2) is 77.5 Å². The quantitative estimate of drug-likeness (QED) is 0.211. The number of nitrogens with one attached hydrogen (secondary N) is 1. The lowest BCUT2D eigenvalue weighted by Crippen LogP contribution is -2.47. The highest BCUT2D eigenvalue weighted by Gasteiger charge is 2.31. The van der Waals surface area contributed by atoms with Crippen molar-refractivity contribution < 1.29 is 23.8 Å². The second kappa shape index (κ2) is 13.2. The van der Waals surface area contributed by atoms with Crippen LogP contribution in [-0.2, 0) is 33.8 Å². The lowest BCUT2D eigenvalue weighted by atomic mass is 10.0. The van der Waals surface area contributed by atoms with Gasteiger partial charge in [0.15, 0.2) is 0 Å². The molecule has 1 aliphatic heterocycles. The highest BCUT2D eigenvalue weighted by Crippen LogP contribution is 2.38. The third-order valence-corrected chi connectivity index (χ3v) is 9.37. The number of anilines is 1. The molecule has 1 atom stereocenters. The number of aryl methyl sites for hydroxylation is 1. The summed E-state index contributed by atoms with van der Waals surface area (Å²) in [6.45, 7) is 18.9. The van der Waals surface area contributed by atoms with Gasteiger partial charge in [-0.25, -0.2) is 19.6 Å². The van der Waals surface area contributed by atoms with Gasteiger partial charge in [-0.1, -0.05) is 19.6 Å². The fourth-order valence-corrected chi connectivity index (χ4v) is 6.37. The Kier molecular flexibility index (Phi) is 10.0. The third-order valence-electron chi connectivity index (χ3n) is 7.67.